The van der Waals surface area contributed by atoms with Gasteiger partial charge in [-0.1, -0.05) is 54.6 Å². The third-order valence-corrected chi connectivity index (χ3v) is 4.04. The zero-order valence-corrected chi connectivity index (χ0v) is 14.3. The summed E-state index contributed by atoms with van der Waals surface area (Å²) in [6.45, 7) is 11.6. The zero-order chi connectivity index (χ0) is 16.8. The zero-order valence-electron chi connectivity index (χ0n) is 14.3. The maximum Gasteiger partial charge on any atom is 0.236 e. The van der Waals surface area contributed by atoms with E-state index < -0.39 is 0 Å². The summed E-state index contributed by atoms with van der Waals surface area (Å²) in [4.78, 5) is 14.2. The molecule has 3 heteroatoms. The Labute approximate surface area is 139 Å². The number of carbonyl (C=O) groups is 1. The third kappa shape index (κ3) is 4.42. The van der Waals surface area contributed by atoms with E-state index in [9.17, 15) is 4.79 Å². The van der Waals surface area contributed by atoms with E-state index >= 15 is 0 Å². The molecule has 23 heavy (non-hydrogen) atoms. The lowest BCUT2D eigenvalue weighted by molar-refractivity contribution is -0.129. The average Bonchev–Trinajstić information content (AvgIpc) is 2.56. The Kier molecular flexibility index (Phi) is 5.94. The van der Waals surface area contributed by atoms with Gasteiger partial charge in [0.25, 0.3) is 0 Å². The van der Waals surface area contributed by atoms with Crippen molar-refractivity contribution >= 4 is 16.7 Å². The lowest BCUT2D eigenvalue weighted by Crippen LogP contribution is -2.39. The third-order valence-electron chi connectivity index (χ3n) is 4.04. The lowest BCUT2D eigenvalue weighted by atomic mass is 10.00. The van der Waals surface area contributed by atoms with Gasteiger partial charge < -0.3 is 10.2 Å². The van der Waals surface area contributed by atoms with Crippen LogP contribution >= 0.6 is 0 Å². The summed E-state index contributed by atoms with van der Waals surface area (Å²) in [5.74, 6) is 0.114. The van der Waals surface area contributed by atoms with Gasteiger partial charge in [0.15, 0.2) is 0 Å². The molecule has 3 nitrogen and oxygen atoms in total. The van der Waals surface area contributed by atoms with Crippen LogP contribution in [0.15, 0.2) is 54.6 Å². The van der Waals surface area contributed by atoms with Crippen LogP contribution in [-0.2, 0) is 4.79 Å². The van der Waals surface area contributed by atoms with Gasteiger partial charge in [-0.3, -0.25) is 4.79 Å². The van der Waals surface area contributed by atoms with Crippen molar-refractivity contribution in [3.05, 3.63) is 60.2 Å². The molecule has 1 atom stereocenters. The molecule has 0 saturated heterocycles. The molecule has 1 N–H and O–H groups in total. The second-order valence-electron chi connectivity index (χ2n) is 6.04. The Morgan fingerprint density at radius 1 is 1.22 bits per heavy atom. The van der Waals surface area contributed by atoms with E-state index in [-0.39, 0.29) is 11.9 Å². The Bertz CT molecular complexity index is 688. The Balaban J connectivity index is 2.05. The average molecular weight is 310 g/mol. The number of nitrogens with zero attached hydrogens (tertiary/aromatic N) is 1. The van der Waals surface area contributed by atoms with Crippen molar-refractivity contribution in [2.24, 2.45) is 0 Å². The van der Waals surface area contributed by atoms with Crippen LogP contribution in [0.4, 0.5) is 0 Å². The van der Waals surface area contributed by atoms with Crippen LogP contribution in [0.1, 0.15) is 32.4 Å². The summed E-state index contributed by atoms with van der Waals surface area (Å²) in [5.41, 5.74) is 2.22. The number of carbonyl (C=O) groups excluding carboxylic acids is 1. The van der Waals surface area contributed by atoms with Gasteiger partial charge in [0.1, 0.15) is 0 Å². The summed E-state index contributed by atoms with van der Waals surface area (Å²) in [5, 5.41) is 5.82. The number of nitrogens with one attached hydrogen (secondary N) is 1. The van der Waals surface area contributed by atoms with Crippen LogP contribution in [0.5, 0.6) is 0 Å². The number of likely N-dealkylation sites (N-methyl/N-ethyl adjacent to an activating group) is 1. The van der Waals surface area contributed by atoms with Crippen molar-refractivity contribution in [3.8, 4) is 0 Å². The molecular weight excluding hydrogens is 284 g/mol. The molecule has 2 aromatic rings. The maximum absolute atomic E-state index is 12.3. The molecule has 0 spiro atoms. The second-order valence-corrected chi connectivity index (χ2v) is 6.04. The molecule has 0 bridgehead atoms. The van der Waals surface area contributed by atoms with Crippen molar-refractivity contribution in [1.29, 1.82) is 0 Å². The van der Waals surface area contributed by atoms with Gasteiger partial charge in [-0.2, -0.15) is 0 Å². The number of hydrogen-bond acceptors (Lipinski definition) is 2. The normalized spacial score (nSPS) is 12.1. The highest BCUT2D eigenvalue weighted by Gasteiger charge is 2.14. The van der Waals surface area contributed by atoms with E-state index in [0.29, 0.717) is 19.6 Å². The minimum absolute atomic E-state index is 0.114. The minimum atomic E-state index is 0.114. The maximum atomic E-state index is 12.3. The summed E-state index contributed by atoms with van der Waals surface area (Å²) in [6.07, 6.45) is 0. The van der Waals surface area contributed by atoms with Gasteiger partial charge in [-0.15, -0.1) is 0 Å². The first kappa shape index (κ1) is 17.2. The quantitative estimate of drug-likeness (QED) is 0.786. The summed E-state index contributed by atoms with van der Waals surface area (Å²) in [6, 6.07) is 14.8. The Hall–Kier alpha value is -2.13. The first-order valence-corrected chi connectivity index (χ1v) is 8.16. The van der Waals surface area contributed by atoms with Gasteiger partial charge in [-0.05, 0) is 37.1 Å². The van der Waals surface area contributed by atoms with E-state index in [0.717, 1.165) is 5.57 Å². The lowest BCUT2D eigenvalue weighted by Gasteiger charge is -2.23. The first-order valence-electron chi connectivity index (χ1n) is 8.16. The van der Waals surface area contributed by atoms with Crippen LogP contribution in [0.3, 0.4) is 0 Å². The number of hydrogen-bond donors (Lipinski definition) is 1. The SMILES string of the molecule is C=C(C)CN(CC)C(=O)CNC(C)c1cccc2ccccc12. The van der Waals surface area contributed by atoms with E-state index in [2.05, 4.69) is 55.2 Å². The summed E-state index contributed by atoms with van der Waals surface area (Å²) in [7, 11) is 0. The van der Waals surface area contributed by atoms with Gasteiger partial charge in [-0.25, -0.2) is 0 Å². The highest BCUT2D eigenvalue weighted by Crippen LogP contribution is 2.23. The van der Waals surface area contributed by atoms with Gasteiger partial charge in [0.05, 0.1) is 6.54 Å². The molecule has 2 rings (SSSR count). The molecule has 0 aromatic heterocycles. The number of benzene rings is 2. The highest BCUT2D eigenvalue weighted by molar-refractivity contribution is 5.86. The van der Waals surface area contributed by atoms with Gasteiger partial charge in [0, 0.05) is 19.1 Å². The number of rotatable bonds is 7. The van der Waals surface area contributed by atoms with Crippen LogP contribution in [-0.4, -0.2) is 30.4 Å². The molecular formula is C20H26N2O. The van der Waals surface area contributed by atoms with Crippen molar-refractivity contribution in [3.63, 3.8) is 0 Å². The molecule has 0 fully saturated rings. The highest BCUT2D eigenvalue weighted by atomic mass is 16.2. The van der Waals surface area contributed by atoms with Gasteiger partial charge >= 0.3 is 0 Å². The van der Waals surface area contributed by atoms with Crippen molar-refractivity contribution in [2.45, 2.75) is 26.8 Å². The summed E-state index contributed by atoms with van der Waals surface area (Å²) < 4.78 is 0. The predicted octanol–water partition coefficient (Wildman–Crippen LogP) is 3.92. The van der Waals surface area contributed by atoms with Gasteiger partial charge in [0.2, 0.25) is 5.91 Å². The topological polar surface area (TPSA) is 32.3 Å². The Morgan fingerprint density at radius 3 is 2.61 bits per heavy atom. The molecule has 0 aliphatic carbocycles. The standard InChI is InChI=1S/C20H26N2O/c1-5-22(14-15(2)3)20(23)13-21-16(4)18-12-8-10-17-9-6-7-11-19(17)18/h6-12,16,21H,2,5,13-14H2,1,3-4H3. The van der Waals surface area contributed by atoms with E-state index in [1.165, 1.54) is 16.3 Å². The second kappa shape index (κ2) is 7.93. The fourth-order valence-corrected chi connectivity index (χ4v) is 2.79. The molecule has 0 saturated carbocycles. The monoisotopic (exact) mass is 310 g/mol. The number of fused-ring (bicyclic) bond motifs is 1. The molecule has 1 unspecified atom stereocenters. The van der Waals surface area contributed by atoms with E-state index in [1.54, 1.807) is 0 Å². The van der Waals surface area contributed by atoms with Crippen LogP contribution in [0.25, 0.3) is 10.8 Å². The molecule has 1 amide bonds. The van der Waals surface area contributed by atoms with Crippen LogP contribution < -0.4 is 5.32 Å². The largest absolute Gasteiger partial charge is 0.338 e. The molecule has 0 heterocycles. The summed E-state index contributed by atoms with van der Waals surface area (Å²) >= 11 is 0. The molecule has 122 valence electrons. The van der Waals surface area contributed by atoms with Crippen LogP contribution in [0, 0.1) is 0 Å². The molecule has 0 aliphatic rings. The number of amides is 1. The van der Waals surface area contributed by atoms with E-state index in [1.807, 2.05) is 24.8 Å². The first-order chi connectivity index (χ1) is 11.0. The van der Waals surface area contributed by atoms with E-state index in [4.69, 9.17) is 0 Å². The molecule has 0 aliphatic heterocycles. The van der Waals surface area contributed by atoms with Crippen molar-refractivity contribution < 1.29 is 4.79 Å². The Morgan fingerprint density at radius 2 is 1.91 bits per heavy atom. The van der Waals surface area contributed by atoms with Crippen molar-refractivity contribution in [1.82, 2.24) is 10.2 Å². The molecule has 0 radical (unpaired) electrons. The fraction of sp³-hybridized carbons (Fsp3) is 0.350. The smallest absolute Gasteiger partial charge is 0.236 e. The fourth-order valence-electron chi connectivity index (χ4n) is 2.79. The van der Waals surface area contributed by atoms with Crippen molar-refractivity contribution in [2.75, 3.05) is 19.6 Å². The predicted molar refractivity (Wildman–Crippen MR) is 97.4 cm³/mol. The molecule has 2 aromatic carbocycles. The minimum Gasteiger partial charge on any atom is -0.338 e. The van der Waals surface area contributed by atoms with Crippen LogP contribution in [0.2, 0.25) is 0 Å².